The van der Waals surface area contributed by atoms with Crippen molar-refractivity contribution in [2.75, 3.05) is 44.2 Å². The van der Waals surface area contributed by atoms with Crippen molar-refractivity contribution in [3.8, 4) is 22.4 Å². The molecule has 12 heteroatoms. The Morgan fingerprint density at radius 1 is 0.825 bits per heavy atom. The fourth-order valence-electron chi connectivity index (χ4n) is 4.40. The van der Waals surface area contributed by atoms with Gasteiger partial charge in [0, 0.05) is 12.0 Å². The molecular formula is C28H37N4O4S3Tc+. The van der Waals surface area contributed by atoms with Crippen molar-refractivity contribution in [2.45, 2.75) is 43.4 Å². The number of rotatable bonds is 18. The van der Waals surface area contributed by atoms with Crippen LogP contribution in [0, 0.1) is 0 Å². The summed E-state index contributed by atoms with van der Waals surface area (Å²) in [6.45, 7) is 4.55. The van der Waals surface area contributed by atoms with Crippen molar-refractivity contribution in [1.29, 1.82) is 0 Å². The van der Waals surface area contributed by atoms with Crippen LogP contribution in [-0.4, -0.2) is 62.7 Å². The third-order valence-corrected chi connectivity index (χ3v) is 7.69. The average molecular weight is 688 g/mol. The molecule has 0 atom stereocenters. The zero-order chi connectivity index (χ0) is 29.2. The fraction of sp³-hybridized carbons (Fsp3) is 0.464. The van der Waals surface area contributed by atoms with Gasteiger partial charge in [0.1, 0.15) is 11.5 Å². The predicted molar refractivity (Wildman–Crippen MR) is 160 cm³/mol. The molecule has 0 amide bonds. The first-order valence-corrected chi connectivity index (χ1v) is 16.7. The molecule has 1 heterocycles. The van der Waals surface area contributed by atoms with Crippen LogP contribution in [0.25, 0.3) is 27.7 Å². The molecule has 3 aromatic rings. The number of aryl methyl sites for hydroxylation is 1. The summed E-state index contributed by atoms with van der Waals surface area (Å²) < 4.78 is 37.5. The summed E-state index contributed by atoms with van der Waals surface area (Å²) in [7, 11) is -3.76. The molecular weight excluding hydrogens is 651 g/mol. The summed E-state index contributed by atoms with van der Waals surface area (Å²) in [6.07, 6.45) is 6.32. The van der Waals surface area contributed by atoms with Gasteiger partial charge in [0.2, 0.25) is 10.0 Å². The number of hydrogen-bond donors (Lipinski definition) is 1. The van der Waals surface area contributed by atoms with Crippen LogP contribution in [0.5, 0.6) is 0 Å². The summed E-state index contributed by atoms with van der Waals surface area (Å²) in [4.78, 5) is 2.49. The normalized spacial score (nSPS) is 11.4. The van der Waals surface area contributed by atoms with Crippen LogP contribution in [0.4, 0.5) is 0 Å². The average Bonchev–Trinajstić information content (AvgIpc) is 3.39. The van der Waals surface area contributed by atoms with E-state index in [1.54, 1.807) is 12.1 Å². The van der Waals surface area contributed by atoms with Gasteiger partial charge in [0.05, 0.1) is 10.5 Å². The minimum atomic E-state index is -3.76. The molecule has 0 aliphatic rings. The molecule has 0 radical (unpaired) electrons. The van der Waals surface area contributed by atoms with E-state index < -0.39 is 10.0 Å². The van der Waals surface area contributed by atoms with Gasteiger partial charge in [-0.05, 0) is 50.2 Å². The Balaban J connectivity index is 0.00000274. The van der Waals surface area contributed by atoms with Gasteiger partial charge >= 0.3 is 22.4 Å². The Morgan fingerprint density at radius 3 is 2.15 bits per heavy atom. The number of unbranched alkanes of at least 4 members (excludes halogenated alkanes) is 4. The van der Waals surface area contributed by atoms with Gasteiger partial charge in [-0.2, -0.15) is 18.1 Å². The first kappa shape index (κ1) is 34.8. The van der Waals surface area contributed by atoms with Crippen molar-refractivity contribution in [3.05, 3.63) is 65.7 Å². The third kappa shape index (κ3) is 11.9. The molecule has 0 unspecified atom stereocenters. The maximum absolute atomic E-state index is 11.7. The second kappa shape index (κ2) is 19.7. The Hall–Kier alpha value is -1.37. The molecule has 0 bridgehead atoms. The fourth-order valence-corrected chi connectivity index (χ4v) is 5.30. The summed E-state index contributed by atoms with van der Waals surface area (Å²) >= 11 is 11.0. The molecule has 8 nitrogen and oxygen atoms in total. The molecule has 2 aromatic carbocycles. The van der Waals surface area contributed by atoms with Crippen molar-refractivity contribution >= 4 is 35.3 Å². The number of sulfonamides is 1. The van der Waals surface area contributed by atoms with E-state index in [1.165, 1.54) is 18.6 Å². The third-order valence-electron chi connectivity index (χ3n) is 6.39. The van der Waals surface area contributed by atoms with Crippen molar-refractivity contribution in [1.82, 2.24) is 10.1 Å². The number of primary sulfonamides is 1. The van der Waals surface area contributed by atoms with Crippen LogP contribution in [0.2, 0.25) is 0 Å². The number of nitrogens with zero attached hydrogens (tertiary/aromatic N) is 3. The molecule has 217 valence electrons. The van der Waals surface area contributed by atoms with Crippen LogP contribution >= 0.6 is 0 Å². The van der Waals surface area contributed by atoms with Crippen molar-refractivity contribution in [3.63, 3.8) is 0 Å². The van der Waals surface area contributed by atoms with E-state index >= 15 is 0 Å². The zero-order valence-corrected chi connectivity index (χ0v) is 26.9. The zero-order valence-electron chi connectivity index (χ0n) is 22.5. The molecule has 0 fully saturated rings. The number of hydrogen-bond acceptors (Lipinski definition) is 8. The Labute approximate surface area is 260 Å². The first-order chi connectivity index (χ1) is 19.4. The summed E-state index contributed by atoms with van der Waals surface area (Å²) in [5.74, 6) is 2.25. The first-order valence-electron chi connectivity index (χ1n) is 13.3. The molecule has 40 heavy (non-hydrogen) atoms. The van der Waals surface area contributed by atoms with Crippen LogP contribution in [0.1, 0.15) is 37.9 Å². The monoisotopic (exact) mass is 686 g/mol. The molecule has 0 saturated carbocycles. The molecule has 3 rings (SSSR count). The minimum absolute atomic E-state index is 0.0812. The molecule has 0 aliphatic heterocycles. The van der Waals surface area contributed by atoms with E-state index in [9.17, 15) is 8.42 Å². The maximum atomic E-state index is 11.7. The summed E-state index contributed by atoms with van der Waals surface area (Å²) in [5, 5.41) is 14.1. The van der Waals surface area contributed by atoms with Gasteiger partial charge in [-0.3, -0.25) is 0 Å². The van der Waals surface area contributed by atoms with Crippen LogP contribution in [-0.2, 0) is 64.1 Å². The number of nitrogens with two attached hydrogens (primary N) is 1. The molecule has 0 spiro atoms. The Kier molecular flexibility index (Phi) is 17.1. The van der Waals surface area contributed by atoms with E-state index in [0.717, 1.165) is 118 Å². The Bertz CT molecular complexity index is 1210. The SMILES string of the molecule is NS(=O)(=O)c1ccc(-c2c(-c3ccccc3)noc2CCCCCCCN(CC[S-])CC[N-]CC[S-])cc1.[O]=[Tc+4]. The molecule has 1 aromatic heterocycles. The van der Waals surface area contributed by atoms with Gasteiger partial charge in [-0.25, -0.2) is 13.6 Å². The quantitative estimate of drug-likeness (QED) is 0.150. The van der Waals surface area contributed by atoms with E-state index in [4.69, 9.17) is 38.4 Å². The number of aromatic nitrogens is 1. The summed E-state index contributed by atoms with van der Waals surface area (Å²) in [5.41, 5.74) is 3.46. The van der Waals surface area contributed by atoms with Crippen LogP contribution in [0.3, 0.4) is 0 Å². The predicted octanol–water partition coefficient (Wildman–Crippen LogP) is 4.80. The van der Waals surface area contributed by atoms with Gasteiger partial charge in [0.15, 0.2) is 0 Å². The molecule has 0 saturated heterocycles. The van der Waals surface area contributed by atoms with E-state index in [2.05, 4.69) is 15.4 Å². The van der Waals surface area contributed by atoms with Crippen molar-refractivity contribution in [2.24, 2.45) is 5.14 Å². The van der Waals surface area contributed by atoms with Gasteiger partial charge < -0.3 is 40.0 Å². The summed E-state index contributed by atoms with van der Waals surface area (Å²) in [6, 6.07) is 16.4. The van der Waals surface area contributed by atoms with E-state index in [-0.39, 0.29) is 4.90 Å². The number of benzene rings is 2. The van der Waals surface area contributed by atoms with Crippen LogP contribution < -0.4 is 5.14 Å². The van der Waals surface area contributed by atoms with Crippen molar-refractivity contribution < 1.29 is 35.3 Å². The van der Waals surface area contributed by atoms with E-state index in [0.29, 0.717) is 5.75 Å². The van der Waals surface area contributed by atoms with Gasteiger partial charge in [0.25, 0.3) is 0 Å². The standard InChI is InChI=1S/C28H39N4O3S3.O.Tc/c29-38(33,34)25-14-12-23(13-15-25)27-26(35-31-28(27)24-9-5-4-6-10-24)11-7-2-1-3-8-18-32(20-22-37)19-16-30-17-21-36;;/h4-6,9-10,12-15,36-37H,1-3,7-8,11,16-22H2,(H2,29,33,34);;/q-1;;+4/p-2. The van der Waals surface area contributed by atoms with Gasteiger partial charge in [-0.1, -0.05) is 66.9 Å². The topological polar surface area (TPSA) is 121 Å². The molecule has 2 N–H and O–H groups in total. The molecule has 0 aliphatic carbocycles. The second-order valence-electron chi connectivity index (χ2n) is 9.20. The van der Waals surface area contributed by atoms with Gasteiger partial charge in [-0.15, -0.1) is 6.54 Å². The van der Waals surface area contributed by atoms with E-state index in [1.807, 2.05) is 30.3 Å². The second-order valence-corrected chi connectivity index (χ2v) is 11.6. The Morgan fingerprint density at radius 2 is 1.50 bits per heavy atom. The van der Waals surface area contributed by atoms with Crippen LogP contribution in [0.15, 0.2) is 64.0 Å².